The molecule has 0 aromatic heterocycles. The number of carbonyl (C=O) groups is 2. The van der Waals surface area contributed by atoms with Crippen LogP contribution in [0.2, 0.25) is 0 Å². The lowest BCUT2D eigenvalue weighted by atomic mass is 9.75. The molecule has 0 aromatic rings. The molecule has 0 unspecified atom stereocenters. The largest absolute Gasteiger partial charge is 0.340 e. The maximum Gasteiger partial charge on any atom is 0.217 e. The highest BCUT2D eigenvalue weighted by molar-refractivity contribution is 5.98. The summed E-state index contributed by atoms with van der Waals surface area (Å²) in [6.45, 7) is 7.03. The monoisotopic (exact) mass is 221 g/mol. The maximum atomic E-state index is 12.4. The molecule has 0 aromatic carbocycles. The lowest BCUT2D eigenvalue weighted by Gasteiger charge is -2.35. The number of hydrogen-bond donors (Lipinski definition) is 1. The molecule has 0 saturated carbocycles. The molecular formula is C13H19NO2. The van der Waals surface area contributed by atoms with Crippen molar-refractivity contribution < 1.29 is 9.59 Å². The van der Waals surface area contributed by atoms with E-state index in [1.807, 2.05) is 39.0 Å². The number of hydrogen-bond acceptors (Lipinski definition) is 2. The number of Topliss-reactive ketones (excluding diaryl/α,β-unsaturated/α-hetero) is 1. The second-order valence-corrected chi connectivity index (χ2v) is 5.22. The van der Waals surface area contributed by atoms with Crippen LogP contribution in [0.15, 0.2) is 24.3 Å². The van der Waals surface area contributed by atoms with E-state index >= 15 is 0 Å². The molecule has 1 N–H and O–H groups in total. The Hall–Kier alpha value is -1.38. The Kier molecular flexibility index (Phi) is 3.36. The normalized spacial score (nSPS) is 24.2. The molecule has 1 atom stereocenters. The second kappa shape index (κ2) is 4.24. The molecule has 1 rings (SSSR count). The van der Waals surface area contributed by atoms with E-state index in [1.54, 1.807) is 6.08 Å². The number of ketones is 1. The van der Waals surface area contributed by atoms with Crippen molar-refractivity contribution >= 4 is 11.7 Å². The van der Waals surface area contributed by atoms with Crippen LogP contribution in [0.1, 0.15) is 34.1 Å². The van der Waals surface area contributed by atoms with Gasteiger partial charge < -0.3 is 5.32 Å². The van der Waals surface area contributed by atoms with Crippen molar-refractivity contribution in [3.05, 3.63) is 24.3 Å². The van der Waals surface area contributed by atoms with E-state index in [9.17, 15) is 9.59 Å². The van der Waals surface area contributed by atoms with Crippen LogP contribution in [0.3, 0.4) is 0 Å². The Morgan fingerprint density at radius 3 is 2.25 bits per heavy atom. The number of rotatable bonds is 2. The fourth-order valence-corrected chi connectivity index (χ4v) is 1.92. The molecule has 3 nitrogen and oxygen atoms in total. The average molecular weight is 221 g/mol. The Morgan fingerprint density at radius 1 is 1.25 bits per heavy atom. The van der Waals surface area contributed by atoms with Crippen LogP contribution < -0.4 is 5.32 Å². The van der Waals surface area contributed by atoms with Crippen LogP contribution in [0.5, 0.6) is 0 Å². The highest BCUT2D eigenvalue weighted by atomic mass is 16.2. The van der Waals surface area contributed by atoms with Crippen molar-refractivity contribution in [1.29, 1.82) is 0 Å². The number of carbonyl (C=O) groups excluding carboxylic acids is 2. The van der Waals surface area contributed by atoms with Gasteiger partial charge in [0.05, 0.1) is 0 Å². The van der Waals surface area contributed by atoms with E-state index < -0.39 is 11.0 Å². The van der Waals surface area contributed by atoms with Crippen LogP contribution in [0, 0.1) is 5.41 Å². The van der Waals surface area contributed by atoms with Crippen molar-refractivity contribution in [3.8, 4) is 0 Å². The van der Waals surface area contributed by atoms with Crippen molar-refractivity contribution in [2.45, 2.75) is 39.7 Å². The third kappa shape index (κ3) is 2.60. The first-order valence-corrected chi connectivity index (χ1v) is 5.46. The molecule has 0 radical (unpaired) electrons. The van der Waals surface area contributed by atoms with Crippen LogP contribution in [-0.2, 0) is 9.59 Å². The molecule has 0 aliphatic heterocycles. The lowest BCUT2D eigenvalue weighted by molar-refractivity contribution is -0.135. The quantitative estimate of drug-likeness (QED) is 0.775. The van der Waals surface area contributed by atoms with Crippen molar-refractivity contribution in [2.24, 2.45) is 5.41 Å². The van der Waals surface area contributed by atoms with Gasteiger partial charge in [0.1, 0.15) is 5.54 Å². The fourth-order valence-electron chi connectivity index (χ4n) is 1.92. The van der Waals surface area contributed by atoms with Gasteiger partial charge in [-0.3, -0.25) is 9.59 Å². The van der Waals surface area contributed by atoms with Crippen LogP contribution in [-0.4, -0.2) is 17.2 Å². The molecule has 0 spiro atoms. The first-order chi connectivity index (χ1) is 7.28. The highest BCUT2D eigenvalue weighted by Crippen LogP contribution is 2.29. The Bertz CT molecular complexity index is 361. The van der Waals surface area contributed by atoms with Gasteiger partial charge >= 0.3 is 0 Å². The Labute approximate surface area is 96.6 Å². The first-order valence-electron chi connectivity index (χ1n) is 5.46. The predicted octanol–water partition coefficient (Wildman–Crippen LogP) is 1.99. The van der Waals surface area contributed by atoms with E-state index in [4.69, 9.17) is 0 Å². The SMILES string of the molecule is CC(=O)N[C@]1(C(=O)C(C)(C)C)C=CC=CC1. The van der Waals surface area contributed by atoms with Crippen molar-refractivity contribution in [2.75, 3.05) is 0 Å². The number of allylic oxidation sites excluding steroid dienone is 2. The predicted molar refractivity (Wildman–Crippen MR) is 63.9 cm³/mol. The molecule has 3 heteroatoms. The minimum Gasteiger partial charge on any atom is -0.340 e. The van der Waals surface area contributed by atoms with Gasteiger partial charge in [0.15, 0.2) is 5.78 Å². The van der Waals surface area contributed by atoms with E-state index in [-0.39, 0.29) is 11.7 Å². The minimum atomic E-state index is -0.862. The zero-order chi connectivity index (χ0) is 12.4. The molecule has 1 amide bonds. The van der Waals surface area contributed by atoms with E-state index in [0.717, 1.165) is 0 Å². The Morgan fingerprint density at radius 2 is 1.88 bits per heavy atom. The molecule has 16 heavy (non-hydrogen) atoms. The Balaban J connectivity index is 3.06. The van der Waals surface area contributed by atoms with Gasteiger partial charge in [-0.05, 0) is 6.42 Å². The van der Waals surface area contributed by atoms with E-state index in [2.05, 4.69) is 5.32 Å². The van der Waals surface area contributed by atoms with Crippen molar-refractivity contribution in [3.63, 3.8) is 0 Å². The average Bonchev–Trinajstić information content (AvgIpc) is 2.15. The highest BCUT2D eigenvalue weighted by Gasteiger charge is 2.42. The molecule has 88 valence electrons. The standard InChI is InChI=1S/C13H19NO2/c1-10(15)14-13(8-6-5-7-9-13)11(16)12(2,3)4/h5-8H,9H2,1-4H3,(H,14,15)/t13-/m1/s1. The zero-order valence-corrected chi connectivity index (χ0v) is 10.3. The summed E-state index contributed by atoms with van der Waals surface area (Å²) in [5.41, 5.74) is -1.34. The molecule has 1 aliphatic rings. The molecular weight excluding hydrogens is 202 g/mol. The summed E-state index contributed by atoms with van der Waals surface area (Å²) in [4.78, 5) is 23.6. The van der Waals surface area contributed by atoms with Gasteiger partial charge in [-0.25, -0.2) is 0 Å². The summed E-state index contributed by atoms with van der Waals surface area (Å²) >= 11 is 0. The first kappa shape index (κ1) is 12.7. The number of nitrogens with one attached hydrogen (secondary N) is 1. The van der Waals surface area contributed by atoms with Gasteiger partial charge in [0.25, 0.3) is 0 Å². The van der Waals surface area contributed by atoms with Gasteiger partial charge in [0.2, 0.25) is 5.91 Å². The molecule has 0 fully saturated rings. The summed E-state index contributed by atoms with van der Waals surface area (Å²) in [5, 5.41) is 2.78. The van der Waals surface area contributed by atoms with Crippen molar-refractivity contribution in [1.82, 2.24) is 5.32 Å². The summed E-state index contributed by atoms with van der Waals surface area (Å²) in [6, 6.07) is 0. The summed E-state index contributed by atoms with van der Waals surface area (Å²) in [6.07, 6.45) is 7.90. The van der Waals surface area contributed by atoms with Crippen LogP contribution >= 0.6 is 0 Å². The smallest absolute Gasteiger partial charge is 0.217 e. The summed E-state index contributed by atoms with van der Waals surface area (Å²) in [5.74, 6) is -0.145. The van der Waals surface area contributed by atoms with E-state index in [1.165, 1.54) is 6.92 Å². The lowest BCUT2D eigenvalue weighted by Crippen LogP contribution is -2.56. The van der Waals surface area contributed by atoms with Gasteiger partial charge in [-0.1, -0.05) is 45.1 Å². The fraction of sp³-hybridized carbons (Fsp3) is 0.538. The topological polar surface area (TPSA) is 46.2 Å². The summed E-state index contributed by atoms with van der Waals surface area (Å²) in [7, 11) is 0. The molecule has 1 aliphatic carbocycles. The second-order valence-electron chi connectivity index (χ2n) is 5.22. The van der Waals surface area contributed by atoms with Crippen LogP contribution in [0.25, 0.3) is 0 Å². The molecule has 0 bridgehead atoms. The van der Waals surface area contributed by atoms with Crippen LogP contribution in [0.4, 0.5) is 0 Å². The summed E-state index contributed by atoms with van der Waals surface area (Å²) < 4.78 is 0. The van der Waals surface area contributed by atoms with Gasteiger partial charge in [-0.2, -0.15) is 0 Å². The molecule has 0 heterocycles. The molecule has 0 saturated heterocycles. The zero-order valence-electron chi connectivity index (χ0n) is 10.3. The third-order valence-corrected chi connectivity index (χ3v) is 2.55. The minimum absolute atomic E-state index is 0.0378. The van der Waals surface area contributed by atoms with E-state index in [0.29, 0.717) is 6.42 Å². The third-order valence-electron chi connectivity index (χ3n) is 2.55. The van der Waals surface area contributed by atoms with Gasteiger partial charge in [-0.15, -0.1) is 0 Å². The number of amides is 1. The van der Waals surface area contributed by atoms with Gasteiger partial charge in [0, 0.05) is 12.3 Å². The maximum absolute atomic E-state index is 12.4.